The van der Waals surface area contributed by atoms with Crippen LogP contribution in [0, 0.1) is 13.8 Å². The van der Waals surface area contributed by atoms with E-state index in [1.54, 1.807) is 11.4 Å². The highest BCUT2D eigenvalue weighted by Crippen LogP contribution is 2.28. The molecule has 9 heteroatoms. The van der Waals surface area contributed by atoms with Crippen molar-refractivity contribution in [3.05, 3.63) is 23.3 Å². The third-order valence-corrected chi connectivity index (χ3v) is 11.7. The molecule has 2 unspecified atom stereocenters. The summed E-state index contributed by atoms with van der Waals surface area (Å²) in [6, 6.07) is 5.90. The topological polar surface area (TPSA) is 59.6 Å². The molecule has 40 heavy (non-hydrogen) atoms. The van der Waals surface area contributed by atoms with Gasteiger partial charge >= 0.3 is 0 Å². The van der Waals surface area contributed by atoms with Crippen molar-refractivity contribution in [1.29, 1.82) is 0 Å². The van der Waals surface area contributed by atoms with Crippen LogP contribution in [0.15, 0.2) is 17.0 Å². The SMILES string of the molecule is COc1cc(C)c(S(=O)N(C)CCC(=O)N2CCC(N3CCC(N4CCC(N5CCCC5)CC4)CC3)C2)c(C)c1. The maximum absolute atomic E-state index is 13.3. The van der Waals surface area contributed by atoms with Crippen molar-refractivity contribution < 1.29 is 13.7 Å². The Morgan fingerprint density at radius 1 is 0.850 bits per heavy atom. The van der Waals surface area contributed by atoms with Gasteiger partial charge in [0.15, 0.2) is 0 Å². The predicted octanol–water partition coefficient (Wildman–Crippen LogP) is 3.28. The Bertz CT molecular complexity index is 1010. The Morgan fingerprint density at radius 2 is 1.35 bits per heavy atom. The third-order valence-electron chi connectivity index (χ3n) is 9.97. The van der Waals surface area contributed by atoms with E-state index in [2.05, 4.69) is 14.7 Å². The number of carbonyl (C=O) groups excluding carboxylic acids is 1. The summed E-state index contributed by atoms with van der Waals surface area (Å²) < 4.78 is 20.4. The van der Waals surface area contributed by atoms with E-state index in [0.29, 0.717) is 19.0 Å². The number of rotatable bonds is 9. The Hall–Kier alpha value is -1.52. The summed E-state index contributed by atoms with van der Waals surface area (Å²) >= 11 is 0. The molecule has 2 atom stereocenters. The molecule has 4 heterocycles. The predicted molar refractivity (Wildman–Crippen MR) is 161 cm³/mol. The minimum absolute atomic E-state index is 0.185. The summed E-state index contributed by atoms with van der Waals surface area (Å²) in [4.78, 5) is 24.1. The third kappa shape index (κ3) is 6.92. The number of piperidine rings is 2. The molecule has 1 aromatic carbocycles. The quantitative estimate of drug-likeness (QED) is 0.452. The van der Waals surface area contributed by atoms with E-state index in [-0.39, 0.29) is 5.91 Å². The highest BCUT2D eigenvalue weighted by atomic mass is 32.2. The molecule has 0 N–H and O–H groups in total. The van der Waals surface area contributed by atoms with E-state index in [4.69, 9.17) is 4.74 Å². The van der Waals surface area contributed by atoms with Gasteiger partial charge < -0.3 is 19.4 Å². The molecule has 4 fully saturated rings. The van der Waals surface area contributed by atoms with Crippen molar-refractivity contribution in [2.45, 2.75) is 88.2 Å². The second kappa shape index (κ2) is 13.6. The first-order chi connectivity index (χ1) is 19.3. The van der Waals surface area contributed by atoms with Crippen LogP contribution in [-0.2, 0) is 15.8 Å². The molecule has 4 saturated heterocycles. The molecule has 224 valence electrons. The Morgan fingerprint density at radius 3 is 1.90 bits per heavy atom. The number of methoxy groups -OCH3 is 1. The average Bonchev–Trinajstić information content (AvgIpc) is 3.69. The molecule has 4 aliphatic rings. The summed E-state index contributed by atoms with van der Waals surface area (Å²) in [6.07, 6.45) is 9.49. The molecule has 1 aromatic rings. The van der Waals surface area contributed by atoms with Gasteiger partial charge in [0.05, 0.1) is 12.0 Å². The maximum Gasteiger partial charge on any atom is 0.223 e. The molecule has 5 rings (SSSR count). The largest absolute Gasteiger partial charge is 0.497 e. The Kier molecular flexibility index (Phi) is 10.2. The number of ether oxygens (including phenoxy) is 1. The molecule has 0 aromatic heterocycles. The fourth-order valence-electron chi connectivity index (χ4n) is 7.56. The molecule has 0 aliphatic carbocycles. The van der Waals surface area contributed by atoms with E-state index in [1.165, 1.54) is 64.7 Å². The van der Waals surface area contributed by atoms with Crippen molar-refractivity contribution >= 4 is 16.9 Å². The van der Waals surface area contributed by atoms with Crippen LogP contribution in [0.5, 0.6) is 5.75 Å². The van der Waals surface area contributed by atoms with E-state index in [1.807, 2.05) is 37.9 Å². The fraction of sp³-hybridized carbons (Fsp3) is 0.774. The van der Waals surface area contributed by atoms with Crippen LogP contribution in [-0.4, -0.2) is 125 Å². The van der Waals surface area contributed by atoms with E-state index >= 15 is 0 Å². The minimum Gasteiger partial charge on any atom is -0.497 e. The number of amides is 1. The van der Waals surface area contributed by atoms with Gasteiger partial charge in [-0.3, -0.25) is 9.69 Å². The fourth-order valence-corrected chi connectivity index (χ4v) is 8.80. The van der Waals surface area contributed by atoms with Gasteiger partial charge in [0.1, 0.15) is 16.7 Å². The lowest BCUT2D eigenvalue weighted by atomic mass is 9.96. The van der Waals surface area contributed by atoms with Gasteiger partial charge in [-0.05, 0) is 121 Å². The molecule has 1 amide bonds. The van der Waals surface area contributed by atoms with E-state index in [0.717, 1.165) is 66.5 Å². The average molecular weight is 574 g/mol. The lowest BCUT2D eigenvalue weighted by Gasteiger charge is -2.44. The molecular formula is C31H51N5O3S. The normalized spacial score (nSPS) is 25.2. The van der Waals surface area contributed by atoms with Gasteiger partial charge in [-0.1, -0.05) is 0 Å². The van der Waals surface area contributed by atoms with E-state index in [9.17, 15) is 9.00 Å². The summed E-state index contributed by atoms with van der Waals surface area (Å²) in [5.74, 6) is 0.962. The summed E-state index contributed by atoms with van der Waals surface area (Å²) in [7, 11) is 2.18. The number of hydrogen-bond donors (Lipinski definition) is 0. The van der Waals surface area contributed by atoms with Crippen LogP contribution in [0.2, 0.25) is 0 Å². The monoisotopic (exact) mass is 573 g/mol. The van der Waals surface area contributed by atoms with Crippen molar-refractivity contribution in [2.75, 3.05) is 73.1 Å². The zero-order chi connectivity index (χ0) is 28.2. The maximum atomic E-state index is 13.3. The number of aryl methyl sites for hydroxylation is 2. The van der Waals surface area contributed by atoms with E-state index < -0.39 is 11.0 Å². The number of likely N-dealkylation sites (tertiary alicyclic amines) is 4. The van der Waals surface area contributed by atoms with Crippen LogP contribution < -0.4 is 4.74 Å². The minimum atomic E-state index is -1.31. The molecule has 8 nitrogen and oxygen atoms in total. The van der Waals surface area contributed by atoms with Crippen LogP contribution in [0.4, 0.5) is 0 Å². The van der Waals surface area contributed by atoms with Crippen LogP contribution in [0.3, 0.4) is 0 Å². The molecule has 0 spiro atoms. The van der Waals surface area contributed by atoms with Crippen molar-refractivity contribution in [2.24, 2.45) is 0 Å². The molecular weight excluding hydrogens is 522 g/mol. The highest BCUT2D eigenvalue weighted by molar-refractivity contribution is 7.82. The standard InChI is InChI=1S/C31H51N5O3S/c1-24-21-29(39-4)22-25(2)31(24)40(38)32(3)15-12-30(37)36-20-11-28(23-36)35-18-9-27(10-19-35)34-16-7-26(8-17-34)33-13-5-6-14-33/h21-22,26-28H,5-20,23H2,1-4H3. The van der Waals surface area contributed by atoms with Gasteiger partial charge in [-0.15, -0.1) is 0 Å². The lowest BCUT2D eigenvalue weighted by molar-refractivity contribution is -0.130. The Labute approximate surface area is 244 Å². The number of benzene rings is 1. The van der Waals surface area contributed by atoms with Crippen LogP contribution >= 0.6 is 0 Å². The number of nitrogens with zero attached hydrogens (tertiary/aromatic N) is 5. The molecule has 0 bridgehead atoms. The van der Waals surface area contributed by atoms with Crippen molar-refractivity contribution in [3.63, 3.8) is 0 Å². The zero-order valence-corrected chi connectivity index (χ0v) is 26.1. The van der Waals surface area contributed by atoms with Gasteiger partial charge in [-0.25, -0.2) is 8.51 Å². The first-order valence-electron chi connectivity index (χ1n) is 15.6. The summed E-state index contributed by atoms with van der Waals surface area (Å²) in [6.45, 7) is 13.6. The van der Waals surface area contributed by atoms with Crippen molar-refractivity contribution in [3.8, 4) is 5.75 Å². The molecule has 0 radical (unpaired) electrons. The number of carbonyl (C=O) groups is 1. The zero-order valence-electron chi connectivity index (χ0n) is 25.3. The van der Waals surface area contributed by atoms with Crippen LogP contribution in [0.25, 0.3) is 0 Å². The number of hydrogen-bond acceptors (Lipinski definition) is 6. The van der Waals surface area contributed by atoms with Crippen LogP contribution in [0.1, 0.15) is 62.5 Å². The second-order valence-electron chi connectivity index (χ2n) is 12.5. The molecule has 4 aliphatic heterocycles. The molecule has 0 saturated carbocycles. The second-order valence-corrected chi connectivity index (χ2v) is 14.0. The van der Waals surface area contributed by atoms with Gasteiger partial charge in [0, 0.05) is 51.2 Å². The first-order valence-corrected chi connectivity index (χ1v) is 16.7. The summed E-state index contributed by atoms with van der Waals surface area (Å²) in [5.41, 5.74) is 1.90. The first kappa shape index (κ1) is 30.0. The van der Waals surface area contributed by atoms with Gasteiger partial charge in [0.2, 0.25) is 5.91 Å². The van der Waals surface area contributed by atoms with Gasteiger partial charge in [-0.2, -0.15) is 0 Å². The smallest absolute Gasteiger partial charge is 0.223 e. The lowest BCUT2D eigenvalue weighted by Crippen LogP contribution is -2.52. The van der Waals surface area contributed by atoms with Gasteiger partial charge in [0.25, 0.3) is 0 Å². The Balaban J connectivity index is 1.03. The highest BCUT2D eigenvalue weighted by Gasteiger charge is 2.35. The van der Waals surface area contributed by atoms with Crippen molar-refractivity contribution in [1.82, 2.24) is 23.9 Å². The summed E-state index contributed by atoms with van der Waals surface area (Å²) in [5, 5.41) is 0.